The van der Waals surface area contributed by atoms with Crippen molar-refractivity contribution in [2.75, 3.05) is 23.7 Å². The smallest absolute Gasteiger partial charge is 0.291 e. The first-order valence-electron chi connectivity index (χ1n) is 8.49. The highest BCUT2D eigenvalue weighted by atomic mass is 16.3. The monoisotopic (exact) mass is 375 g/mol. The molecule has 2 aromatic heterocycles. The first-order valence-corrected chi connectivity index (χ1v) is 8.49. The summed E-state index contributed by atoms with van der Waals surface area (Å²) < 4.78 is 5.04. The Morgan fingerprint density at radius 3 is 2.75 bits per heavy atom. The molecule has 8 heteroatoms. The summed E-state index contributed by atoms with van der Waals surface area (Å²) in [4.78, 5) is 28.4. The zero-order valence-corrected chi connectivity index (χ0v) is 14.8. The average molecular weight is 375 g/mol. The average Bonchev–Trinajstić information content (AvgIpc) is 3.26. The summed E-state index contributed by atoms with van der Waals surface area (Å²) in [5.41, 5.74) is 1.33. The maximum Gasteiger partial charge on any atom is 0.291 e. The van der Waals surface area contributed by atoms with Gasteiger partial charge in [-0.05, 0) is 42.5 Å². The van der Waals surface area contributed by atoms with Gasteiger partial charge < -0.3 is 20.4 Å². The van der Waals surface area contributed by atoms with Gasteiger partial charge in [0.25, 0.3) is 11.8 Å². The molecular weight excluding hydrogens is 358 g/mol. The van der Waals surface area contributed by atoms with E-state index in [1.54, 1.807) is 54.7 Å². The molecule has 3 rings (SSSR count). The van der Waals surface area contributed by atoms with E-state index in [0.717, 1.165) is 0 Å². The lowest BCUT2D eigenvalue weighted by atomic mass is 10.2. The molecule has 28 heavy (non-hydrogen) atoms. The quantitative estimate of drug-likeness (QED) is 0.546. The summed E-state index contributed by atoms with van der Waals surface area (Å²) in [6, 6.07) is 15.2. The van der Waals surface area contributed by atoms with Crippen LogP contribution in [-0.4, -0.2) is 29.9 Å². The van der Waals surface area contributed by atoms with Crippen LogP contribution in [0.25, 0.3) is 0 Å². The Hall–Kier alpha value is -4.12. The van der Waals surface area contributed by atoms with Crippen LogP contribution in [0.15, 0.2) is 65.4 Å². The third-order valence-electron chi connectivity index (χ3n) is 3.76. The van der Waals surface area contributed by atoms with Crippen molar-refractivity contribution in [3.63, 3.8) is 0 Å². The highest BCUT2D eigenvalue weighted by Crippen LogP contribution is 2.13. The second-order valence-corrected chi connectivity index (χ2v) is 5.71. The molecule has 0 bridgehead atoms. The number of carbonyl (C=O) groups excluding carboxylic acids is 2. The van der Waals surface area contributed by atoms with Crippen molar-refractivity contribution in [3.8, 4) is 6.07 Å². The lowest BCUT2D eigenvalue weighted by Crippen LogP contribution is -2.29. The number of hydrogen-bond donors (Lipinski definition) is 3. The molecule has 8 nitrogen and oxygen atoms in total. The van der Waals surface area contributed by atoms with Gasteiger partial charge in [0.15, 0.2) is 5.76 Å². The molecule has 0 aliphatic rings. The molecule has 0 unspecified atom stereocenters. The Balaban J connectivity index is 1.52. The maximum absolute atomic E-state index is 12.3. The van der Waals surface area contributed by atoms with Crippen LogP contribution in [0.5, 0.6) is 0 Å². The van der Waals surface area contributed by atoms with Crippen molar-refractivity contribution in [1.82, 2.24) is 10.3 Å². The number of carbonyl (C=O) groups is 2. The second-order valence-electron chi connectivity index (χ2n) is 5.71. The topological polar surface area (TPSA) is 120 Å². The molecule has 0 aliphatic carbocycles. The molecule has 0 spiro atoms. The van der Waals surface area contributed by atoms with E-state index in [-0.39, 0.29) is 11.7 Å². The molecule has 0 atom stereocenters. The van der Waals surface area contributed by atoms with Crippen LogP contribution in [0.3, 0.4) is 0 Å². The van der Waals surface area contributed by atoms with Crippen molar-refractivity contribution < 1.29 is 14.0 Å². The molecule has 3 N–H and O–H groups in total. The van der Waals surface area contributed by atoms with Crippen LogP contribution in [0.1, 0.15) is 26.5 Å². The van der Waals surface area contributed by atoms with E-state index < -0.39 is 5.91 Å². The van der Waals surface area contributed by atoms with Crippen LogP contribution in [0.2, 0.25) is 0 Å². The third-order valence-corrected chi connectivity index (χ3v) is 3.76. The molecule has 0 fully saturated rings. The predicted molar refractivity (Wildman–Crippen MR) is 103 cm³/mol. The second kappa shape index (κ2) is 9.00. The first kappa shape index (κ1) is 18.7. The van der Waals surface area contributed by atoms with Gasteiger partial charge in [0.2, 0.25) is 0 Å². The standard InChI is InChI=1S/C20H17N5O3/c21-13-15-5-2-8-22-18(15)23-9-10-24-19(26)14-4-1-6-16(12-14)25-20(27)17-7-3-11-28-17/h1-8,11-12H,9-10H2,(H,22,23)(H,24,26)(H,25,27). The van der Waals surface area contributed by atoms with Gasteiger partial charge in [-0.3, -0.25) is 9.59 Å². The first-order chi connectivity index (χ1) is 13.7. The number of benzene rings is 1. The summed E-state index contributed by atoms with van der Waals surface area (Å²) >= 11 is 0. The van der Waals surface area contributed by atoms with Crippen molar-refractivity contribution in [3.05, 3.63) is 77.9 Å². The van der Waals surface area contributed by atoms with Gasteiger partial charge in [-0.15, -0.1) is 0 Å². The van der Waals surface area contributed by atoms with E-state index in [4.69, 9.17) is 9.68 Å². The maximum atomic E-state index is 12.3. The molecule has 0 radical (unpaired) electrons. The fourth-order valence-corrected chi connectivity index (χ4v) is 2.43. The van der Waals surface area contributed by atoms with Gasteiger partial charge in [-0.2, -0.15) is 5.26 Å². The van der Waals surface area contributed by atoms with E-state index in [0.29, 0.717) is 35.7 Å². The molecular formula is C20H17N5O3. The van der Waals surface area contributed by atoms with E-state index in [9.17, 15) is 9.59 Å². The van der Waals surface area contributed by atoms with Crippen LogP contribution in [0.4, 0.5) is 11.5 Å². The molecule has 140 valence electrons. The van der Waals surface area contributed by atoms with Gasteiger partial charge in [-0.1, -0.05) is 6.07 Å². The van der Waals surface area contributed by atoms with Crippen molar-refractivity contribution in [2.45, 2.75) is 0 Å². The molecule has 0 saturated heterocycles. The molecule has 0 aliphatic heterocycles. The number of nitriles is 1. The molecule has 3 aromatic rings. The van der Waals surface area contributed by atoms with Crippen LogP contribution >= 0.6 is 0 Å². The lowest BCUT2D eigenvalue weighted by Gasteiger charge is -2.09. The number of rotatable bonds is 7. The number of aromatic nitrogens is 1. The van der Waals surface area contributed by atoms with Crippen molar-refractivity contribution in [2.24, 2.45) is 0 Å². The number of pyridine rings is 1. The number of anilines is 2. The summed E-state index contributed by atoms with van der Waals surface area (Å²) in [5.74, 6) is -0.0121. The zero-order chi connectivity index (χ0) is 19.8. The van der Waals surface area contributed by atoms with Crippen LogP contribution in [-0.2, 0) is 0 Å². The minimum absolute atomic E-state index is 0.187. The molecule has 0 saturated carbocycles. The van der Waals surface area contributed by atoms with Gasteiger partial charge in [0, 0.05) is 30.5 Å². The molecule has 2 heterocycles. The number of nitrogens with one attached hydrogen (secondary N) is 3. The summed E-state index contributed by atoms with van der Waals surface area (Å²) in [7, 11) is 0. The largest absolute Gasteiger partial charge is 0.459 e. The Kier molecular flexibility index (Phi) is 6.00. The Morgan fingerprint density at radius 2 is 1.96 bits per heavy atom. The summed E-state index contributed by atoms with van der Waals surface area (Å²) in [6.45, 7) is 0.746. The van der Waals surface area contributed by atoms with Crippen molar-refractivity contribution >= 4 is 23.3 Å². The zero-order valence-electron chi connectivity index (χ0n) is 14.8. The highest BCUT2D eigenvalue weighted by molar-refractivity contribution is 6.03. The van der Waals surface area contributed by atoms with E-state index >= 15 is 0 Å². The van der Waals surface area contributed by atoms with E-state index in [1.165, 1.54) is 6.26 Å². The van der Waals surface area contributed by atoms with Crippen molar-refractivity contribution in [1.29, 1.82) is 5.26 Å². The molecule has 1 aromatic carbocycles. The Bertz CT molecular complexity index is 1010. The van der Waals surface area contributed by atoms with Crippen LogP contribution in [0, 0.1) is 11.3 Å². The number of furan rings is 1. The Morgan fingerprint density at radius 1 is 1.07 bits per heavy atom. The Labute approximate surface area is 161 Å². The SMILES string of the molecule is N#Cc1cccnc1NCCNC(=O)c1cccc(NC(=O)c2ccco2)c1. The van der Waals surface area contributed by atoms with Gasteiger partial charge in [0.05, 0.1) is 11.8 Å². The third kappa shape index (κ3) is 4.74. The summed E-state index contributed by atoms with van der Waals surface area (Å²) in [6.07, 6.45) is 3.00. The van der Waals surface area contributed by atoms with E-state index in [2.05, 4.69) is 20.9 Å². The predicted octanol–water partition coefficient (Wildman–Crippen LogP) is 2.64. The number of hydrogen-bond acceptors (Lipinski definition) is 6. The van der Waals surface area contributed by atoms with Gasteiger partial charge >= 0.3 is 0 Å². The summed E-state index contributed by atoms with van der Waals surface area (Å²) in [5, 5.41) is 17.5. The fraction of sp³-hybridized carbons (Fsp3) is 0.100. The number of nitrogens with zero attached hydrogens (tertiary/aromatic N) is 2. The number of amides is 2. The van der Waals surface area contributed by atoms with Gasteiger partial charge in [-0.25, -0.2) is 4.98 Å². The van der Waals surface area contributed by atoms with Crippen LogP contribution < -0.4 is 16.0 Å². The minimum atomic E-state index is -0.393. The normalized spacial score (nSPS) is 9.96. The van der Waals surface area contributed by atoms with Gasteiger partial charge in [0.1, 0.15) is 11.9 Å². The highest BCUT2D eigenvalue weighted by Gasteiger charge is 2.11. The lowest BCUT2D eigenvalue weighted by molar-refractivity contribution is 0.0953. The fourth-order valence-electron chi connectivity index (χ4n) is 2.43. The minimum Gasteiger partial charge on any atom is -0.459 e. The molecule has 2 amide bonds. The van der Waals surface area contributed by atoms with E-state index in [1.807, 2.05) is 6.07 Å².